The Labute approximate surface area is 201 Å². The Bertz CT molecular complexity index is 413. The van der Waals surface area contributed by atoms with Gasteiger partial charge in [0, 0.05) is 52.8 Å². The van der Waals surface area contributed by atoms with Gasteiger partial charge in [-0.25, -0.2) is 23.8 Å². The maximum absolute atomic E-state index is 11.9. The average Bonchev–Trinajstić information content (AvgIpc) is 3.55. The minimum Gasteiger partial charge on any atom is -0.388 e. The highest BCUT2D eigenvalue weighted by Gasteiger charge is 2.41. The van der Waals surface area contributed by atoms with Gasteiger partial charge in [-0.05, 0) is 51.2 Å². The van der Waals surface area contributed by atoms with Crippen molar-refractivity contribution in [3.05, 3.63) is 11.4 Å². The quantitative estimate of drug-likeness (QED) is 0.412. The van der Waals surface area contributed by atoms with Crippen LogP contribution in [0.1, 0.15) is 47.5 Å². The molecule has 1 aliphatic rings. The van der Waals surface area contributed by atoms with Gasteiger partial charge in [-0.3, -0.25) is 0 Å². The molecule has 0 bridgehead atoms. The third kappa shape index (κ3) is 105. The van der Waals surface area contributed by atoms with Crippen LogP contribution in [0, 0.1) is 12.5 Å². The Kier molecular flexibility index (Phi) is 53.6. The van der Waals surface area contributed by atoms with Crippen molar-refractivity contribution in [1.82, 2.24) is 0 Å². The SMILES string of the molecule is CC(F)(F)C1CC1.CCOC.CCS(C)(=O)=O.CCSC.COC.CSC.[C-]#[N+]CC. The predicted octanol–water partition coefficient (Wildman–Crippen LogP) is 6.29. The lowest BCUT2D eigenvalue weighted by molar-refractivity contribution is -0.00191. The van der Waals surface area contributed by atoms with E-state index in [1.807, 2.05) is 38.1 Å². The zero-order valence-corrected chi connectivity index (χ0v) is 24.3. The Morgan fingerprint density at radius 2 is 1.29 bits per heavy atom. The third-order valence-corrected chi connectivity index (χ3v) is 4.18. The van der Waals surface area contributed by atoms with E-state index in [4.69, 9.17) is 6.57 Å². The second-order valence-corrected chi connectivity index (χ2v) is 10.3. The predicted molar refractivity (Wildman–Crippen MR) is 140 cm³/mol. The molecule has 1 saturated carbocycles. The molecular formula is C21H49F2NO4S3. The van der Waals surface area contributed by atoms with Crippen LogP contribution in [0.2, 0.25) is 0 Å². The molecule has 31 heavy (non-hydrogen) atoms. The molecule has 0 aliphatic heterocycles. The topological polar surface area (TPSA) is 57.0 Å². The van der Waals surface area contributed by atoms with E-state index in [9.17, 15) is 17.2 Å². The summed E-state index contributed by atoms with van der Waals surface area (Å²) in [5, 5.41) is 0. The van der Waals surface area contributed by atoms with Gasteiger partial charge in [-0.15, -0.1) is 0 Å². The van der Waals surface area contributed by atoms with Gasteiger partial charge < -0.3 is 14.3 Å². The van der Waals surface area contributed by atoms with Crippen molar-refractivity contribution in [2.45, 2.75) is 53.4 Å². The number of sulfone groups is 1. The van der Waals surface area contributed by atoms with Crippen LogP contribution in [0.3, 0.4) is 0 Å². The minimum atomic E-state index is -2.66. The first-order valence-corrected chi connectivity index (χ1v) is 15.0. The highest BCUT2D eigenvalue weighted by atomic mass is 32.2. The summed E-state index contributed by atoms with van der Waals surface area (Å²) in [7, 11) is 2.27. The van der Waals surface area contributed by atoms with Crippen molar-refractivity contribution in [2.24, 2.45) is 5.92 Å². The first kappa shape index (κ1) is 44.6. The van der Waals surface area contributed by atoms with E-state index < -0.39 is 15.8 Å². The van der Waals surface area contributed by atoms with Crippen molar-refractivity contribution in [2.75, 3.05) is 71.0 Å². The van der Waals surface area contributed by atoms with Crippen LogP contribution in [-0.4, -0.2) is 85.4 Å². The van der Waals surface area contributed by atoms with Crippen LogP contribution in [0.25, 0.3) is 4.85 Å². The number of methoxy groups -OCH3 is 2. The standard InChI is InChI=1S/C5H8F2.C3H5N.C3H8O2S.C3H8O.C3H8S.C2H6O.C2H6S/c1-5(6,7)4-2-3-4;1-3-4-2;1-3-6(2,4)5;2*1-3-4-2;2*1-3-2/h4H,2-3H2,1H3;3H2,1H3;3H2,1-2H3;2*3H2,1-2H3;2*1-2H3. The average molecular weight is 514 g/mol. The van der Waals surface area contributed by atoms with Crippen LogP contribution < -0.4 is 0 Å². The van der Waals surface area contributed by atoms with Crippen molar-refractivity contribution in [3.8, 4) is 0 Å². The minimum absolute atomic E-state index is 0.243. The van der Waals surface area contributed by atoms with E-state index in [2.05, 4.69) is 27.5 Å². The molecule has 194 valence electrons. The maximum atomic E-state index is 11.9. The van der Waals surface area contributed by atoms with Gasteiger partial charge in [0.25, 0.3) is 0 Å². The molecule has 0 heterocycles. The number of nitrogens with zero attached hydrogens (tertiary/aromatic N) is 1. The molecule has 0 atom stereocenters. The number of ether oxygens (including phenoxy) is 2. The number of hydrogen-bond acceptors (Lipinski definition) is 6. The van der Waals surface area contributed by atoms with Gasteiger partial charge in [0.1, 0.15) is 9.84 Å². The number of rotatable bonds is 4. The molecule has 1 fully saturated rings. The smallest absolute Gasteiger partial charge is 0.248 e. The summed E-state index contributed by atoms with van der Waals surface area (Å²) in [6, 6.07) is 0. The Morgan fingerprint density at radius 1 is 1.06 bits per heavy atom. The van der Waals surface area contributed by atoms with Crippen molar-refractivity contribution in [3.63, 3.8) is 0 Å². The van der Waals surface area contributed by atoms with E-state index in [1.54, 1.807) is 40.0 Å². The molecule has 10 heteroatoms. The van der Waals surface area contributed by atoms with Crippen molar-refractivity contribution in [1.29, 1.82) is 0 Å². The zero-order valence-electron chi connectivity index (χ0n) is 21.9. The van der Waals surface area contributed by atoms with Gasteiger partial charge in [0.15, 0.2) is 0 Å². The fourth-order valence-electron chi connectivity index (χ4n) is 0.590. The summed E-state index contributed by atoms with van der Waals surface area (Å²) in [5.74, 6) is -1.19. The molecule has 0 aromatic carbocycles. The number of thioether (sulfide) groups is 2. The van der Waals surface area contributed by atoms with Crippen LogP contribution in [0.5, 0.6) is 0 Å². The summed E-state index contributed by atoms with van der Waals surface area (Å²) in [4.78, 5) is 2.99. The molecule has 0 radical (unpaired) electrons. The summed E-state index contributed by atoms with van der Waals surface area (Å²) in [6.45, 7) is 16.0. The summed E-state index contributed by atoms with van der Waals surface area (Å²) in [6.07, 6.45) is 8.85. The molecule has 1 aliphatic carbocycles. The largest absolute Gasteiger partial charge is 0.388 e. The first-order chi connectivity index (χ1) is 14.2. The number of hydrogen-bond donors (Lipinski definition) is 0. The molecule has 0 N–H and O–H groups in total. The lowest BCUT2D eigenvalue weighted by atomic mass is 10.3. The van der Waals surface area contributed by atoms with Gasteiger partial charge >= 0.3 is 0 Å². The molecule has 0 spiro atoms. The molecule has 0 aromatic rings. The third-order valence-electron chi connectivity index (χ3n) is 2.55. The molecule has 5 nitrogen and oxygen atoms in total. The summed E-state index contributed by atoms with van der Waals surface area (Å²) in [5.41, 5.74) is 0. The fraction of sp³-hybridized carbons (Fsp3) is 0.952. The van der Waals surface area contributed by atoms with E-state index in [0.717, 1.165) is 26.4 Å². The van der Waals surface area contributed by atoms with Crippen LogP contribution in [0.15, 0.2) is 0 Å². The first-order valence-electron chi connectivity index (χ1n) is 9.91. The van der Waals surface area contributed by atoms with Crippen LogP contribution >= 0.6 is 23.5 Å². The Hall–Kier alpha value is -0.0800. The van der Waals surface area contributed by atoms with E-state index in [0.29, 0.717) is 6.54 Å². The zero-order chi connectivity index (χ0) is 26.4. The monoisotopic (exact) mass is 513 g/mol. The molecule has 0 saturated heterocycles. The molecule has 0 aromatic heterocycles. The maximum Gasteiger partial charge on any atom is 0.248 e. The fourth-order valence-corrected chi connectivity index (χ4v) is 0.590. The summed E-state index contributed by atoms with van der Waals surface area (Å²) >= 11 is 3.61. The molecule has 1 rings (SSSR count). The molecule has 0 unspecified atom stereocenters. The normalized spacial score (nSPS) is 11.1. The van der Waals surface area contributed by atoms with Gasteiger partial charge in [0.2, 0.25) is 12.5 Å². The molecular weight excluding hydrogens is 464 g/mol. The van der Waals surface area contributed by atoms with E-state index in [-0.39, 0.29) is 11.7 Å². The van der Waals surface area contributed by atoms with Crippen molar-refractivity contribution >= 4 is 33.4 Å². The van der Waals surface area contributed by atoms with Crippen molar-refractivity contribution < 1.29 is 26.7 Å². The number of halogens is 2. The lowest BCUT2D eigenvalue weighted by Crippen LogP contribution is -2.11. The molecule has 0 amide bonds. The lowest BCUT2D eigenvalue weighted by Gasteiger charge is -2.04. The van der Waals surface area contributed by atoms with Gasteiger partial charge in [0.05, 0.1) is 0 Å². The highest BCUT2D eigenvalue weighted by molar-refractivity contribution is 7.98. The second-order valence-electron chi connectivity index (χ2n) is 5.89. The van der Waals surface area contributed by atoms with Crippen LogP contribution in [0.4, 0.5) is 8.78 Å². The Balaban J connectivity index is -0.0000000605. The van der Waals surface area contributed by atoms with E-state index >= 15 is 0 Å². The second kappa shape index (κ2) is 37.2. The summed E-state index contributed by atoms with van der Waals surface area (Å²) < 4.78 is 52.6. The van der Waals surface area contributed by atoms with Gasteiger partial charge in [-0.1, -0.05) is 13.8 Å². The highest BCUT2D eigenvalue weighted by Crippen LogP contribution is 2.42. The Morgan fingerprint density at radius 3 is 1.29 bits per heavy atom. The van der Waals surface area contributed by atoms with Gasteiger partial charge in [-0.2, -0.15) is 23.5 Å². The van der Waals surface area contributed by atoms with E-state index in [1.165, 1.54) is 12.0 Å². The van der Waals surface area contributed by atoms with Crippen LogP contribution in [-0.2, 0) is 19.3 Å². The number of alkyl halides is 2.